The van der Waals surface area contributed by atoms with E-state index in [1.54, 1.807) is 23.2 Å². The Morgan fingerprint density at radius 2 is 1.84 bits per heavy atom. The van der Waals surface area contributed by atoms with Crippen LogP contribution in [0.2, 0.25) is 0 Å². The van der Waals surface area contributed by atoms with Crippen molar-refractivity contribution in [3.63, 3.8) is 0 Å². The number of anilines is 3. The van der Waals surface area contributed by atoms with Crippen LogP contribution in [0.3, 0.4) is 0 Å². The van der Waals surface area contributed by atoms with Gasteiger partial charge in [-0.2, -0.15) is 5.26 Å². The summed E-state index contributed by atoms with van der Waals surface area (Å²) in [6.45, 7) is 8.23. The van der Waals surface area contributed by atoms with Crippen LogP contribution >= 0.6 is 0 Å². The molecule has 0 unspecified atom stereocenters. The summed E-state index contributed by atoms with van der Waals surface area (Å²) in [4.78, 5) is 30.1. The summed E-state index contributed by atoms with van der Waals surface area (Å²) in [7, 11) is 0. The Kier molecular flexibility index (Phi) is 6.66. The van der Waals surface area contributed by atoms with E-state index in [1.807, 2.05) is 39.1 Å². The summed E-state index contributed by atoms with van der Waals surface area (Å²) in [5, 5.41) is 12.4. The molecule has 1 saturated carbocycles. The molecular formula is C28H31N7O2. The van der Waals surface area contributed by atoms with E-state index in [0.29, 0.717) is 49.3 Å². The number of hydrogen-bond donors (Lipinski definition) is 1. The van der Waals surface area contributed by atoms with Crippen molar-refractivity contribution in [2.75, 3.05) is 36.4 Å². The Labute approximate surface area is 217 Å². The maximum atomic E-state index is 12.4. The fraction of sp³-hybridized carbons (Fsp3) is 0.393. The summed E-state index contributed by atoms with van der Waals surface area (Å²) in [6, 6.07) is 13.8. The van der Waals surface area contributed by atoms with Crippen LogP contribution in [0.15, 0.2) is 48.8 Å². The second-order valence-electron chi connectivity index (χ2n) is 10.5. The van der Waals surface area contributed by atoms with Crippen molar-refractivity contribution < 1.29 is 9.53 Å². The number of piperazine rings is 1. The number of ether oxygens (including phenoxy) is 1. The van der Waals surface area contributed by atoms with Crippen LogP contribution in [0.4, 0.5) is 22.2 Å². The van der Waals surface area contributed by atoms with Crippen LogP contribution in [0.5, 0.6) is 0 Å². The molecule has 3 aromatic rings. The van der Waals surface area contributed by atoms with Crippen molar-refractivity contribution in [3.8, 4) is 17.3 Å². The quantitative estimate of drug-likeness (QED) is 0.520. The third kappa shape index (κ3) is 6.15. The summed E-state index contributed by atoms with van der Waals surface area (Å²) < 4.78 is 5.49. The fourth-order valence-corrected chi connectivity index (χ4v) is 4.28. The van der Waals surface area contributed by atoms with Crippen molar-refractivity contribution >= 4 is 23.5 Å². The number of amides is 1. The van der Waals surface area contributed by atoms with Gasteiger partial charge in [0.15, 0.2) is 0 Å². The monoisotopic (exact) mass is 497 g/mol. The predicted octanol–water partition coefficient (Wildman–Crippen LogP) is 5.09. The molecule has 1 N–H and O–H groups in total. The summed E-state index contributed by atoms with van der Waals surface area (Å²) in [5.41, 5.74) is 3.06. The van der Waals surface area contributed by atoms with Gasteiger partial charge < -0.3 is 19.9 Å². The van der Waals surface area contributed by atoms with E-state index in [-0.39, 0.29) is 6.09 Å². The van der Waals surface area contributed by atoms with E-state index in [0.717, 1.165) is 17.1 Å². The minimum absolute atomic E-state index is 0.268. The van der Waals surface area contributed by atoms with Gasteiger partial charge in [0.1, 0.15) is 23.1 Å². The number of hydrogen-bond acceptors (Lipinski definition) is 8. The molecule has 190 valence electrons. The van der Waals surface area contributed by atoms with Gasteiger partial charge in [0.25, 0.3) is 0 Å². The first kappa shape index (κ1) is 24.5. The summed E-state index contributed by atoms with van der Waals surface area (Å²) in [5.74, 6) is 2.71. The molecule has 0 aromatic carbocycles. The second kappa shape index (κ2) is 10.1. The minimum Gasteiger partial charge on any atom is -0.444 e. The number of rotatable bonds is 5. The highest BCUT2D eigenvalue weighted by Crippen LogP contribution is 2.42. The lowest BCUT2D eigenvalue weighted by Gasteiger charge is -2.36. The molecule has 37 heavy (non-hydrogen) atoms. The number of pyridine rings is 3. The van der Waals surface area contributed by atoms with Gasteiger partial charge in [0, 0.05) is 44.1 Å². The van der Waals surface area contributed by atoms with Gasteiger partial charge in [0.2, 0.25) is 0 Å². The number of nitrogens with one attached hydrogen (secondary N) is 1. The zero-order valence-corrected chi connectivity index (χ0v) is 21.4. The minimum atomic E-state index is -0.497. The maximum absolute atomic E-state index is 12.4. The van der Waals surface area contributed by atoms with Gasteiger partial charge in [-0.05, 0) is 81.5 Å². The molecule has 1 aliphatic carbocycles. The zero-order chi connectivity index (χ0) is 26.0. The van der Waals surface area contributed by atoms with Crippen molar-refractivity contribution in [1.82, 2.24) is 19.9 Å². The fourth-order valence-electron chi connectivity index (χ4n) is 4.28. The Balaban J connectivity index is 1.29. The summed E-state index contributed by atoms with van der Waals surface area (Å²) in [6.07, 6.45) is 5.56. The molecule has 0 atom stereocenters. The van der Waals surface area contributed by atoms with E-state index in [4.69, 9.17) is 14.7 Å². The van der Waals surface area contributed by atoms with E-state index in [1.165, 1.54) is 18.4 Å². The topological polar surface area (TPSA) is 107 Å². The molecule has 1 saturated heterocycles. The van der Waals surface area contributed by atoms with Gasteiger partial charge in [-0.3, -0.25) is 0 Å². The van der Waals surface area contributed by atoms with E-state index in [2.05, 4.69) is 33.4 Å². The molecule has 9 heteroatoms. The van der Waals surface area contributed by atoms with Crippen LogP contribution < -0.4 is 10.2 Å². The van der Waals surface area contributed by atoms with Crippen LogP contribution in [-0.2, 0) is 4.74 Å². The first-order valence-corrected chi connectivity index (χ1v) is 12.6. The zero-order valence-electron chi connectivity index (χ0n) is 21.4. The number of carbonyl (C=O) groups is 1. The summed E-state index contributed by atoms with van der Waals surface area (Å²) >= 11 is 0. The van der Waals surface area contributed by atoms with E-state index in [9.17, 15) is 10.1 Å². The van der Waals surface area contributed by atoms with Gasteiger partial charge in [0.05, 0.1) is 17.3 Å². The van der Waals surface area contributed by atoms with Gasteiger partial charge in [-0.25, -0.2) is 19.7 Å². The molecule has 3 aromatic heterocycles. The standard InChI is InChI=1S/C28H31N7O2/c1-28(2,3)37-27(36)35-12-10-34(11-13-35)26-7-6-21(18-31-26)23-15-22(20-4-5-20)16-25(32-23)33-24-14-19(17-29)8-9-30-24/h6-9,14-16,18,20H,4-5,10-13H2,1-3H3,(H,30,32,33). The highest BCUT2D eigenvalue weighted by Gasteiger charge is 2.27. The molecule has 0 spiro atoms. The van der Waals surface area contributed by atoms with Crippen LogP contribution in [0.1, 0.15) is 50.7 Å². The SMILES string of the molecule is CC(C)(C)OC(=O)N1CCN(c2ccc(-c3cc(C4CC4)cc(Nc4cc(C#N)ccn4)n3)cn2)CC1. The second-order valence-corrected chi connectivity index (χ2v) is 10.5. The molecule has 5 rings (SSSR count). The molecule has 2 fully saturated rings. The van der Waals surface area contributed by atoms with Crippen molar-refractivity contribution in [2.45, 2.75) is 45.1 Å². The Morgan fingerprint density at radius 1 is 1.05 bits per heavy atom. The normalized spacial score (nSPS) is 15.7. The average molecular weight is 498 g/mol. The average Bonchev–Trinajstić information content (AvgIpc) is 3.74. The lowest BCUT2D eigenvalue weighted by atomic mass is 10.1. The Bertz CT molecular complexity index is 1320. The molecule has 2 aliphatic rings. The first-order chi connectivity index (χ1) is 17.8. The van der Waals surface area contributed by atoms with Gasteiger partial charge in [-0.1, -0.05) is 0 Å². The Hall–Kier alpha value is -4.19. The highest BCUT2D eigenvalue weighted by atomic mass is 16.6. The van der Waals surface area contributed by atoms with Crippen molar-refractivity contribution in [2.24, 2.45) is 0 Å². The number of carbonyl (C=O) groups excluding carboxylic acids is 1. The lowest BCUT2D eigenvalue weighted by Crippen LogP contribution is -2.50. The molecule has 0 bridgehead atoms. The first-order valence-electron chi connectivity index (χ1n) is 12.6. The largest absolute Gasteiger partial charge is 0.444 e. The van der Waals surface area contributed by atoms with Gasteiger partial charge >= 0.3 is 6.09 Å². The van der Waals surface area contributed by atoms with Crippen LogP contribution in [0, 0.1) is 11.3 Å². The Morgan fingerprint density at radius 3 is 2.49 bits per heavy atom. The predicted molar refractivity (Wildman–Crippen MR) is 142 cm³/mol. The molecule has 4 heterocycles. The third-order valence-electron chi connectivity index (χ3n) is 6.34. The molecule has 1 aliphatic heterocycles. The molecular weight excluding hydrogens is 466 g/mol. The number of nitriles is 1. The molecule has 0 radical (unpaired) electrons. The van der Waals surface area contributed by atoms with Crippen molar-refractivity contribution in [3.05, 3.63) is 59.9 Å². The van der Waals surface area contributed by atoms with E-state index < -0.39 is 5.60 Å². The lowest BCUT2D eigenvalue weighted by molar-refractivity contribution is 0.0240. The third-order valence-corrected chi connectivity index (χ3v) is 6.34. The molecule has 9 nitrogen and oxygen atoms in total. The maximum Gasteiger partial charge on any atom is 0.410 e. The number of nitrogens with zero attached hydrogens (tertiary/aromatic N) is 6. The smallest absolute Gasteiger partial charge is 0.410 e. The highest BCUT2D eigenvalue weighted by molar-refractivity contribution is 5.69. The molecule has 1 amide bonds. The van der Waals surface area contributed by atoms with Crippen LogP contribution in [0.25, 0.3) is 11.3 Å². The van der Waals surface area contributed by atoms with Crippen LogP contribution in [-0.4, -0.2) is 57.7 Å². The number of aromatic nitrogens is 3. The van der Waals surface area contributed by atoms with Gasteiger partial charge in [-0.15, -0.1) is 0 Å². The van der Waals surface area contributed by atoms with E-state index >= 15 is 0 Å². The van der Waals surface area contributed by atoms with Crippen molar-refractivity contribution in [1.29, 1.82) is 5.26 Å².